The fraction of sp³-hybridized carbons (Fsp3) is 0.167. The first kappa shape index (κ1) is 14.0. The fourth-order valence-corrected chi connectivity index (χ4v) is 1.91. The number of carbonyl (C=O) groups is 1. The van der Waals surface area contributed by atoms with Gasteiger partial charge < -0.3 is 10.3 Å². The molecule has 7 nitrogen and oxygen atoms in total. The number of nitrogens with zero attached hydrogens (tertiary/aromatic N) is 3. The Morgan fingerprint density at radius 1 is 1.32 bits per heavy atom. The van der Waals surface area contributed by atoms with Crippen LogP contribution in [0.1, 0.15) is 21.9 Å². The maximum atomic E-state index is 12.6. The molecule has 0 radical (unpaired) electrons. The summed E-state index contributed by atoms with van der Waals surface area (Å²) >= 11 is 0. The number of aromatic amines is 2. The van der Waals surface area contributed by atoms with E-state index in [1.807, 2.05) is 0 Å². The molecule has 0 aliphatic heterocycles. The Morgan fingerprint density at radius 2 is 2.09 bits per heavy atom. The zero-order chi connectivity index (χ0) is 15.9. The van der Waals surface area contributed by atoms with E-state index in [0.29, 0.717) is 5.69 Å². The molecule has 22 heavy (non-hydrogen) atoms. The summed E-state index contributed by atoms with van der Waals surface area (Å²) in [7, 11) is 0. The van der Waals surface area contributed by atoms with Crippen LogP contribution in [0, 0.1) is 6.92 Å². The van der Waals surface area contributed by atoms with E-state index in [4.69, 9.17) is 0 Å². The second-order valence-electron chi connectivity index (χ2n) is 4.49. The van der Waals surface area contributed by atoms with Gasteiger partial charge in [0.25, 0.3) is 5.91 Å². The first-order chi connectivity index (χ1) is 10.4. The number of pyridine rings is 1. The number of aromatic nitrogens is 5. The number of fused-ring (bicyclic) bond motifs is 1. The number of hydrogen-bond donors (Lipinski definition) is 3. The van der Waals surface area contributed by atoms with Crippen LogP contribution in [0.15, 0.2) is 18.5 Å². The topological polar surface area (TPSA) is 99.4 Å². The van der Waals surface area contributed by atoms with Crippen LogP contribution in [0.3, 0.4) is 0 Å². The van der Waals surface area contributed by atoms with E-state index in [2.05, 4.69) is 30.5 Å². The van der Waals surface area contributed by atoms with Gasteiger partial charge in [-0.05, 0) is 19.1 Å². The molecule has 0 aromatic carbocycles. The SMILES string of the molecule is Cc1[nH]cnc1C(=O)Nc1n[nH]c2nc(C(F)(F)F)ccc12. The molecule has 0 aliphatic rings. The first-order valence-corrected chi connectivity index (χ1v) is 6.10. The largest absolute Gasteiger partial charge is 0.433 e. The van der Waals surface area contributed by atoms with Gasteiger partial charge in [-0.15, -0.1) is 0 Å². The number of hydrogen-bond acceptors (Lipinski definition) is 4. The minimum Gasteiger partial charge on any atom is -0.348 e. The average Bonchev–Trinajstić information content (AvgIpc) is 3.04. The summed E-state index contributed by atoms with van der Waals surface area (Å²) in [5.74, 6) is -0.435. The van der Waals surface area contributed by atoms with Crippen molar-refractivity contribution < 1.29 is 18.0 Å². The van der Waals surface area contributed by atoms with Crippen molar-refractivity contribution in [3.8, 4) is 0 Å². The van der Waals surface area contributed by atoms with Crippen LogP contribution in [0.25, 0.3) is 11.0 Å². The van der Waals surface area contributed by atoms with Crippen LogP contribution in [0.4, 0.5) is 19.0 Å². The van der Waals surface area contributed by atoms with Gasteiger partial charge in [-0.2, -0.15) is 18.3 Å². The van der Waals surface area contributed by atoms with Crippen LogP contribution in [-0.4, -0.2) is 31.1 Å². The lowest BCUT2D eigenvalue weighted by Gasteiger charge is -2.05. The van der Waals surface area contributed by atoms with Gasteiger partial charge in [0.15, 0.2) is 11.5 Å². The van der Waals surface area contributed by atoms with Crippen molar-refractivity contribution in [1.29, 1.82) is 0 Å². The van der Waals surface area contributed by atoms with E-state index in [0.717, 1.165) is 6.07 Å². The summed E-state index contributed by atoms with van der Waals surface area (Å²) < 4.78 is 37.8. The summed E-state index contributed by atoms with van der Waals surface area (Å²) in [5, 5.41) is 8.89. The number of rotatable bonds is 2. The number of carbonyl (C=O) groups excluding carboxylic acids is 1. The van der Waals surface area contributed by atoms with E-state index in [9.17, 15) is 18.0 Å². The average molecular weight is 310 g/mol. The molecule has 0 fully saturated rings. The Balaban J connectivity index is 1.93. The molecule has 0 saturated carbocycles. The Kier molecular flexibility index (Phi) is 3.08. The van der Waals surface area contributed by atoms with Crippen LogP contribution < -0.4 is 5.32 Å². The maximum absolute atomic E-state index is 12.6. The highest BCUT2D eigenvalue weighted by molar-refractivity contribution is 6.06. The lowest BCUT2D eigenvalue weighted by molar-refractivity contribution is -0.141. The molecule has 114 valence electrons. The number of nitrogens with one attached hydrogen (secondary N) is 3. The number of imidazole rings is 1. The second-order valence-corrected chi connectivity index (χ2v) is 4.49. The van der Waals surface area contributed by atoms with Crippen molar-refractivity contribution in [1.82, 2.24) is 25.1 Å². The molecule has 1 amide bonds. The Morgan fingerprint density at radius 3 is 2.73 bits per heavy atom. The molecule has 10 heteroatoms. The van der Waals surface area contributed by atoms with E-state index in [1.54, 1.807) is 6.92 Å². The molecule has 3 N–H and O–H groups in total. The lowest BCUT2D eigenvalue weighted by Crippen LogP contribution is -2.14. The summed E-state index contributed by atoms with van der Waals surface area (Å²) in [6, 6.07) is 2.02. The van der Waals surface area contributed by atoms with Crippen LogP contribution in [0.5, 0.6) is 0 Å². The fourth-order valence-electron chi connectivity index (χ4n) is 1.91. The Labute approximate surface area is 121 Å². The molecule has 0 bridgehead atoms. The summed E-state index contributed by atoms with van der Waals surface area (Å²) in [6.07, 6.45) is -3.18. The van der Waals surface area contributed by atoms with Gasteiger partial charge in [0.05, 0.1) is 11.7 Å². The number of anilines is 1. The van der Waals surface area contributed by atoms with Gasteiger partial charge in [-0.1, -0.05) is 0 Å². The first-order valence-electron chi connectivity index (χ1n) is 6.10. The number of halogens is 3. The summed E-state index contributed by atoms with van der Waals surface area (Å²) in [5.41, 5.74) is -0.362. The van der Waals surface area contributed by atoms with Crippen molar-refractivity contribution in [2.24, 2.45) is 0 Å². The molecule has 3 heterocycles. The van der Waals surface area contributed by atoms with Gasteiger partial charge in [0.2, 0.25) is 0 Å². The van der Waals surface area contributed by atoms with Crippen molar-refractivity contribution >= 4 is 22.8 Å². The van der Waals surface area contributed by atoms with Crippen molar-refractivity contribution in [2.75, 3.05) is 5.32 Å². The van der Waals surface area contributed by atoms with Crippen molar-refractivity contribution in [3.05, 3.63) is 35.5 Å². The molecule has 0 atom stereocenters. The molecule has 0 saturated heterocycles. The van der Waals surface area contributed by atoms with Gasteiger partial charge in [-0.3, -0.25) is 9.89 Å². The highest BCUT2D eigenvalue weighted by Crippen LogP contribution is 2.30. The lowest BCUT2D eigenvalue weighted by atomic mass is 10.2. The van der Waals surface area contributed by atoms with Crippen LogP contribution in [0.2, 0.25) is 0 Å². The maximum Gasteiger partial charge on any atom is 0.433 e. The number of H-pyrrole nitrogens is 2. The van der Waals surface area contributed by atoms with Crippen LogP contribution >= 0.6 is 0 Å². The minimum absolute atomic E-state index is 0.0659. The highest BCUT2D eigenvalue weighted by atomic mass is 19.4. The zero-order valence-electron chi connectivity index (χ0n) is 11.1. The quantitative estimate of drug-likeness (QED) is 0.676. The minimum atomic E-state index is -4.55. The summed E-state index contributed by atoms with van der Waals surface area (Å²) in [6.45, 7) is 1.67. The van der Waals surface area contributed by atoms with E-state index >= 15 is 0 Å². The molecule has 0 spiro atoms. The van der Waals surface area contributed by atoms with Gasteiger partial charge in [0, 0.05) is 5.69 Å². The third kappa shape index (κ3) is 2.38. The van der Waals surface area contributed by atoms with Crippen molar-refractivity contribution in [3.63, 3.8) is 0 Å². The second kappa shape index (κ2) is 4.83. The molecule has 3 rings (SSSR count). The molecule has 0 unspecified atom stereocenters. The predicted octanol–water partition coefficient (Wildman–Crippen LogP) is 2.26. The third-order valence-electron chi connectivity index (χ3n) is 2.99. The molecule has 3 aromatic rings. The van der Waals surface area contributed by atoms with E-state index < -0.39 is 17.8 Å². The molecular formula is C12H9F3N6O. The van der Waals surface area contributed by atoms with Gasteiger partial charge >= 0.3 is 6.18 Å². The Bertz CT molecular complexity index is 850. The number of aryl methyl sites for hydroxylation is 1. The van der Waals surface area contributed by atoms with Crippen molar-refractivity contribution in [2.45, 2.75) is 13.1 Å². The van der Waals surface area contributed by atoms with Gasteiger partial charge in [0.1, 0.15) is 11.4 Å². The summed E-state index contributed by atoms with van der Waals surface area (Å²) in [4.78, 5) is 22.1. The normalized spacial score (nSPS) is 11.8. The van der Waals surface area contributed by atoms with Crippen LogP contribution in [-0.2, 0) is 6.18 Å². The molecule has 0 aliphatic carbocycles. The monoisotopic (exact) mass is 310 g/mol. The number of amides is 1. The Hall–Kier alpha value is -2.91. The molecular weight excluding hydrogens is 301 g/mol. The predicted molar refractivity (Wildman–Crippen MR) is 70.2 cm³/mol. The van der Waals surface area contributed by atoms with Gasteiger partial charge in [-0.25, -0.2) is 9.97 Å². The number of alkyl halides is 3. The smallest absolute Gasteiger partial charge is 0.348 e. The molecule has 3 aromatic heterocycles. The third-order valence-corrected chi connectivity index (χ3v) is 2.99. The standard InChI is InChI=1S/C12H9F3N6O/c1-5-8(17-4-16-5)11(22)19-10-6-2-3-7(12(13,14)15)18-9(6)20-21-10/h2-4H,1H3,(H,16,17)(H2,18,19,20,21,22). The highest BCUT2D eigenvalue weighted by Gasteiger charge is 2.33. The van der Waals surface area contributed by atoms with E-state index in [1.165, 1.54) is 12.4 Å². The van der Waals surface area contributed by atoms with E-state index in [-0.39, 0.29) is 22.5 Å². The zero-order valence-corrected chi connectivity index (χ0v) is 11.1.